The topological polar surface area (TPSA) is 59.9 Å². The summed E-state index contributed by atoms with van der Waals surface area (Å²) in [5.41, 5.74) is 2.72. The quantitative estimate of drug-likeness (QED) is 0.466. The standard InChI is InChI=1S/C26H26N2O3S/c1-16(2)15-31-22-12-10-18(19-7-5-6-8-20(19)22)14-24-25(29)28-26(32-24)27-21-13-17(3)9-11-23(21)30-4/h5-14,16H,15H2,1-4H3,(H,27,28,29)/b24-14-. The van der Waals surface area contributed by atoms with Gasteiger partial charge in [-0.15, -0.1) is 0 Å². The second kappa shape index (κ2) is 9.49. The zero-order valence-corrected chi connectivity index (χ0v) is 19.5. The fraction of sp³-hybridized carbons (Fsp3) is 0.231. The molecule has 1 aliphatic heterocycles. The number of ether oxygens (including phenoxy) is 2. The average molecular weight is 447 g/mol. The van der Waals surface area contributed by atoms with Crippen LogP contribution in [0.15, 0.2) is 64.5 Å². The van der Waals surface area contributed by atoms with Crippen LogP contribution in [0.4, 0.5) is 5.69 Å². The highest BCUT2D eigenvalue weighted by Gasteiger charge is 2.24. The molecular weight excluding hydrogens is 420 g/mol. The molecule has 0 aromatic heterocycles. The zero-order chi connectivity index (χ0) is 22.7. The molecule has 0 atom stereocenters. The van der Waals surface area contributed by atoms with Crippen molar-refractivity contribution in [1.82, 2.24) is 5.32 Å². The number of aliphatic imine (C=N–C) groups is 1. The number of nitrogens with one attached hydrogen (secondary N) is 1. The number of benzene rings is 3. The fourth-order valence-electron chi connectivity index (χ4n) is 3.42. The lowest BCUT2D eigenvalue weighted by Gasteiger charge is -2.13. The van der Waals surface area contributed by atoms with Crippen molar-refractivity contribution in [2.45, 2.75) is 20.8 Å². The van der Waals surface area contributed by atoms with Crippen molar-refractivity contribution in [3.05, 3.63) is 70.6 Å². The number of carbonyl (C=O) groups is 1. The second-order valence-corrected chi connectivity index (χ2v) is 9.09. The van der Waals surface area contributed by atoms with Crippen molar-refractivity contribution in [3.8, 4) is 11.5 Å². The van der Waals surface area contributed by atoms with E-state index < -0.39 is 0 Å². The number of carbonyl (C=O) groups excluding carboxylic acids is 1. The van der Waals surface area contributed by atoms with Crippen molar-refractivity contribution in [3.63, 3.8) is 0 Å². The first-order valence-electron chi connectivity index (χ1n) is 10.5. The third-order valence-corrected chi connectivity index (χ3v) is 5.89. The van der Waals surface area contributed by atoms with Crippen LogP contribution in [0.25, 0.3) is 16.8 Å². The van der Waals surface area contributed by atoms with E-state index in [1.54, 1.807) is 7.11 Å². The minimum atomic E-state index is -0.162. The lowest BCUT2D eigenvalue weighted by atomic mass is 10.0. The van der Waals surface area contributed by atoms with Crippen LogP contribution in [0, 0.1) is 12.8 Å². The van der Waals surface area contributed by atoms with Crippen LogP contribution in [-0.4, -0.2) is 24.8 Å². The largest absolute Gasteiger partial charge is 0.494 e. The molecule has 164 valence electrons. The van der Waals surface area contributed by atoms with Crippen molar-refractivity contribution in [1.29, 1.82) is 0 Å². The van der Waals surface area contributed by atoms with E-state index in [1.807, 2.05) is 67.6 Å². The van der Waals surface area contributed by atoms with Crippen LogP contribution >= 0.6 is 11.8 Å². The van der Waals surface area contributed by atoms with Crippen molar-refractivity contribution >= 4 is 45.4 Å². The molecule has 1 aliphatic rings. The number of amidine groups is 1. The molecule has 0 saturated carbocycles. The summed E-state index contributed by atoms with van der Waals surface area (Å²) in [6.07, 6.45) is 1.91. The molecule has 0 spiro atoms. The Morgan fingerprint density at radius 3 is 2.56 bits per heavy atom. The fourth-order valence-corrected chi connectivity index (χ4v) is 4.25. The Morgan fingerprint density at radius 1 is 1.06 bits per heavy atom. The first-order valence-corrected chi connectivity index (χ1v) is 11.3. The van der Waals surface area contributed by atoms with Gasteiger partial charge >= 0.3 is 0 Å². The maximum atomic E-state index is 12.6. The Bertz CT molecular complexity index is 1230. The first kappa shape index (κ1) is 22.0. The van der Waals surface area contributed by atoms with Gasteiger partial charge in [0.05, 0.1) is 18.6 Å². The number of amides is 1. The predicted molar refractivity (Wildman–Crippen MR) is 133 cm³/mol. The monoisotopic (exact) mass is 446 g/mol. The summed E-state index contributed by atoms with van der Waals surface area (Å²) in [4.78, 5) is 17.8. The molecule has 0 aliphatic carbocycles. The van der Waals surface area contributed by atoms with E-state index in [9.17, 15) is 4.79 Å². The van der Waals surface area contributed by atoms with Crippen LogP contribution in [0.3, 0.4) is 0 Å². The third-order valence-electron chi connectivity index (χ3n) is 4.98. The van der Waals surface area contributed by atoms with Crippen LogP contribution in [0.2, 0.25) is 0 Å². The van der Waals surface area contributed by atoms with Gasteiger partial charge < -0.3 is 14.8 Å². The summed E-state index contributed by atoms with van der Waals surface area (Å²) in [6.45, 7) is 6.91. The summed E-state index contributed by atoms with van der Waals surface area (Å²) < 4.78 is 11.4. The molecule has 0 bridgehead atoms. The van der Waals surface area contributed by atoms with Gasteiger partial charge in [-0.2, -0.15) is 0 Å². The molecule has 0 radical (unpaired) electrons. The Labute approximate surface area is 192 Å². The third kappa shape index (κ3) is 4.81. The van der Waals surface area contributed by atoms with E-state index in [1.165, 1.54) is 11.8 Å². The summed E-state index contributed by atoms with van der Waals surface area (Å²) in [6, 6.07) is 17.8. The second-order valence-electron chi connectivity index (χ2n) is 8.06. The Morgan fingerprint density at radius 2 is 1.81 bits per heavy atom. The van der Waals surface area contributed by atoms with E-state index in [2.05, 4.69) is 24.2 Å². The lowest BCUT2D eigenvalue weighted by Crippen LogP contribution is -2.19. The Hall–Kier alpha value is -3.25. The van der Waals surface area contributed by atoms with Crippen LogP contribution in [0.5, 0.6) is 11.5 Å². The molecule has 1 saturated heterocycles. The molecule has 1 amide bonds. The Kier molecular flexibility index (Phi) is 6.51. The van der Waals surface area contributed by atoms with E-state index in [4.69, 9.17) is 9.47 Å². The highest BCUT2D eigenvalue weighted by atomic mass is 32.2. The molecule has 1 heterocycles. The van der Waals surface area contributed by atoms with Crippen LogP contribution in [-0.2, 0) is 4.79 Å². The number of hydrogen-bond acceptors (Lipinski definition) is 5. The van der Waals surface area contributed by atoms with E-state index in [-0.39, 0.29) is 5.91 Å². The SMILES string of the molecule is COc1ccc(C)cc1N=C1NC(=O)/C(=C/c2ccc(OCC(C)C)c3ccccc23)S1. The van der Waals surface area contributed by atoms with Gasteiger partial charge in [0, 0.05) is 5.39 Å². The minimum Gasteiger partial charge on any atom is -0.494 e. The summed E-state index contributed by atoms with van der Waals surface area (Å²) in [5, 5.41) is 5.47. The van der Waals surface area contributed by atoms with Gasteiger partial charge in [-0.05, 0) is 65.4 Å². The molecule has 3 aromatic rings. The van der Waals surface area contributed by atoms with Gasteiger partial charge in [0.2, 0.25) is 0 Å². The number of aryl methyl sites for hydroxylation is 1. The van der Waals surface area contributed by atoms with Crippen LogP contribution < -0.4 is 14.8 Å². The molecule has 1 fully saturated rings. The van der Waals surface area contributed by atoms with Gasteiger partial charge in [-0.25, -0.2) is 4.99 Å². The summed E-state index contributed by atoms with van der Waals surface area (Å²) >= 11 is 1.32. The molecule has 32 heavy (non-hydrogen) atoms. The van der Waals surface area contributed by atoms with Gasteiger partial charge in [-0.3, -0.25) is 4.79 Å². The van der Waals surface area contributed by atoms with Gasteiger partial charge in [-0.1, -0.05) is 50.2 Å². The summed E-state index contributed by atoms with van der Waals surface area (Å²) in [5.74, 6) is 1.80. The number of hydrogen-bond donors (Lipinski definition) is 1. The van der Waals surface area contributed by atoms with Crippen molar-refractivity contribution in [2.24, 2.45) is 10.9 Å². The number of nitrogens with zero attached hydrogens (tertiary/aromatic N) is 1. The molecule has 5 nitrogen and oxygen atoms in total. The molecule has 1 N–H and O–H groups in total. The number of fused-ring (bicyclic) bond motifs is 1. The molecule has 6 heteroatoms. The number of thioether (sulfide) groups is 1. The van der Waals surface area contributed by atoms with E-state index in [0.29, 0.717) is 34.0 Å². The van der Waals surface area contributed by atoms with Crippen molar-refractivity contribution in [2.75, 3.05) is 13.7 Å². The van der Waals surface area contributed by atoms with Gasteiger partial charge in [0.25, 0.3) is 5.91 Å². The molecule has 4 rings (SSSR count). The maximum Gasteiger partial charge on any atom is 0.264 e. The highest BCUT2D eigenvalue weighted by Crippen LogP contribution is 2.35. The number of rotatable bonds is 6. The van der Waals surface area contributed by atoms with Gasteiger partial charge in [0.15, 0.2) is 5.17 Å². The number of methoxy groups -OCH3 is 1. The minimum absolute atomic E-state index is 0.162. The average Bonchev–Trinajstić information content (AvgIpc) is 3.11. The normalized spacial score (nSPS) is 16.2. The van der Waals surface area contributed by atoms with E-state index in [0.717, 1.165) is 27.6 Å². The molecular formula is C26H26N2O3S. The smallest absolute Gasteiger partial charge is 0.264 e. The predicted octanol–water partition coefficient (Wildman–Crippen LogP) is 6.08. The lowest BCUT2D eigenvalue weighted by molar-refractivity contribution is -0.115. The Balaban J connectivity index is 1.66. The van der Waals surface area contributed by atoms with Gasteiger partial charge in [0.1, 0.15) is 17.2 Å². The van der Waals surface area contributed by atoms with E-state index >= 15 is 0 Å². The maximum absolute atomic E-state index is 12.6. The highest BCUT2D eigenvalue weighted by molar-refractivity contribution is 8.18. The summed E-state index contributed by atoms with van der Waals surface area (Å²) in [7, 11) is 1.61. The first-order chi connectivity index (χ1) is 15.4. The molecule has 0 unspecified atom stereocenters. The zero-order valence-electron chi connectivity index (χ0n) is 18.6. The van der Waals surface area contributed by atoms with Crippen LogP contribution in [0.1, 0.15) is 25.0 Å². The molecule has 3 aromatic carbocycles. The van der Waals surface area contributed by atoms with Crippen molar-refractivity contribution < 1.29 is 14.3 Å².